The normalized spacial score (nSPS) is 17.6. The maximum Gasteiger partial charge on any atom is 0.128 e. The first-order valence-electron chi connectivity index (χ1n) is 5.21. The Balaban J connectivity index is 2.00. The summed E-state index contributed by atoms with van der Waals surface area (Å²) >= 11 is 0. The Morgan fingerprint density at radius 3 is 2.71 bits per heavy atom. The number of anilines is 2. The zero-order valence-corrected chi connectivity index (χ0v) is 8.75. The first-order chi connectivity index (χ1) is 6.79. The van der Waals surface area contributed by atoms with Gasteiger partial charge in [-0.05, 0) is 37.8 Å². The average Bonchev–Trinajstić information content (AvgIpc) is 3.01. The van der Waals surface area contributed by atoms with Crippen molar-refractivity contribution in [1.82, 2.24) is 4.98 Å². The van der Waals surface area contributed by atoms with E-state index in [1.807, 2.05) is 25.2 Å². The highest BCUT2D eigenvalue weighted by atomic mass is 15.1. The number of rotatable bonds is 4. The smallest absolute Gasteiger partial charge is 0.128 e. The SMILES string of the molecule is CNc1cccc(NC(C)C2CC2)n1. The highest BCUT2D eigenvalue weighted by Gasteiger charge is 2.27. The van der Waals surface area contributed by atoms with Gasteiger partial charge in [-0.3, -0.25) is 0 Å². The maximum absolute atomic E-state index is 4.42. The van der Waals surface area contributed by atoms with Crippen molar-refractivity contribution >= 4 is 11.6 Å². The number of hydrogen-bond donors (Lipinski definition) is 2. The van der Waals surface area contributed by atoms with Crippen LogP contribution in [0.1, 0.15) is 19.8 Å². The standard InChI is InChI=1S/C11H17N3/c1-8(9-6-7-9)13-11-5-3-4-10(12-2)14-11/h3-5,8-9H,6-7H2,1-2H3,(H2,12,13,14). The van der Waals surface area contributed by atoms with Gasteiger partial charge in [0.05, 0.1) is 0 Å². The first kappa shape index (κ1) is 9.31. The molecule has 1 fully saturated rings. The Bertz CT molecular complexity index is 307. The molecule has 3 heteroatoms. The zero-order chi connectivity index (χ0) is 9.97. The minimum atomic E-state index is 0.551. The molecule has 14 heavy (non-hydrogen) atoms. The first-order valence-corrected chi connectivity index (χ1v) is 5.21. The van der Waals surface area contributed by atoms with E-state index in [1.54, 1.807) is 0 Å². The lowest BCUT2D eigenvalue weighted by Gasteiger charge is -2.13. The van der Waals surface area contributed by atoms with Gasteiger partial charge in [0.2, 0.25) is 0 Å². The summed E-state index contributed by atoms with van der Waals surface area (Å²) in [6.07, 6.45) is 2.72. The molecule has 1 aromatic heterocycles. The molecule has 0 spiro atoms. The van der Waals surface area contributed by atoms with E-state index in [0.717, 1.165) is 17.6 Å². The Morgan fingerprint density at radius 2 is 2.07 bits per heavy atom. The molecule has 0 aromatic carbocycles. The van der Waals surface area contributed by atoms with Gasteiger partial charge in [-0.2, -0.15) is 0 Å². The highest BCUT2D eigenvalue weighted by Crippen LogP contribution is 2.33. The van der Waals surface area contributed by atoms with Crippen LogP contribution >= 0.6 is 0 Å². The number of pyridine rings is 1. The zero-order valence-electron chi connectivity index (χ0n) is 8.75. The van der Waals surface area contributed by atoms with E-state index < -0.39 is 0 Å². The second-order valence-corrected chi connectivity index (χ2v) is 3.93. The molecule has 1 heterocycles. The van der Waals surface area contributed by atoms with Crippen molar-refractivity contribution in [2.24, 2.45) is 5.92 Å². The summed E-state index contributed by atoms with van der Waals surface area (Å²) in [6, 6.07) is 6.54. The van der Waals surface area contributed by atoms with Gasteiger partial charge in [0.1, 0.15) is 11.6 Å². The van der Waals surface area contributed by atoms with E-state index in [4.69, 9.17) is 0 Å². The molecule has 1 saturated carbocycles. The molecular weight excluding hydrogens is 174 g/mol. The van der Waals surface area contributed by atoms with E-state index in [0.29, 0.717) is 6.04 Å². The third kappa shape index (κ3) is 2.16. The molecule has 1 aliphatic rings. The van der Waals surface area contributed by atoms with Crippen LogP contribution in [0.3, 0.4) is 0 Å². The molecule has 1 unspecified atom stereocenters. The van der Waals surface area contributed by atoms with E-state index in [-0.39, 0.29) is 0 Å². The molecule has 1 aliphatic carbocycles. The fraction of sp³-hybridized carbons (Fsp3) is 0.545. The van der Waals surface area contributed by atoms with Crippen LogP contribution in [-0.2, 0) is 0 Å². The third-order valence-electron chi connectivity index (χ3n) is 2.71. The fourth-order valence-electron chi connectivity index (χ4n) is 1.60. The Kier molecular flexibility index (Phi) is 2.57. The van der Waals surface area contributed by atoms with Crippen molar-refractivity contribution < 1.29 is 0 Å². The van der Waals surface area contributed by atoms with Gasteiger partial charge in [0.15, 0.2) is 0 Å². The summed E-state index contributed by atoms with van der Waals surface area (Å²) in [6.45, 7) is 2.23. The molecule has 1 aromatic rings. The lowest BCUT2D eigenvalue weighted by atomic mass is 10.2. The number of hydrogen-bond acceptors (Lipinski definition) is 3. The summed E-state index contributed by atoms with van der Waals surface area (Å²) in [4.78, 5) is 4.42. The Labute approximate surface area is 84.9 Å². The summed E-state index contributed by atoms with van der Waals surface area (Å²) in [5.41, 5.74) is 0. The summed E-state index contributed by atoms with van der Waals surface area (Å²) in [5.74, 6) is 2.74. The monoisotopic (exact) mass is 191 g/mol. The van der Waals surface area contributed by atoms with Crippen LogP contribution in [0.4, 0.5) is 11.6 Å². The Hall–Kier alpha value is -1.25. The van der Waals surface area contributed by atoms with Crippen molar-refractivity contribution in [3.8, 4) is 0 Å². The number of nitrogens with one attached hydrogen (secondary N) is 2. The molecule has 2 N–H and O–H groups in total. The van der Waals surface area contributed by atoms with Crippen molar-refractivity contribution in [3.63, 3.8) is 0 Å². The van der Waals surface area contributed by atoms with Crippen LogP contribution in [0.15, 0.2) is 18.2 Å². The lowest BCUT2D eigenvalue weighted by molar-refractivity contribution is 0.691. The van der Waals surface area contributed by atoms with E-state index in [1.165, 1.54) is 12.8 Å². The minimum absolute atomic E-state index is 0.551. The molecule has 1 atom stereocenters. The Morgan fingerprint density at radius 1 is 1.36 bits per heavy atom. The molecule has 76 valence electrons. The molecule has 2 rings (SSSR count). The number of nitrogens with zero attached hydrogens (tertiary/aromatic N) is 1. The van der Waals surface area contributed by atoms with Crippen LogP contribution in [0, 0.1) is 5.92 Å². The van der Waals surface area contributed by atoms with Crippen molar-refractivity contribution in [1.29, 1.82) is 0 Å². The van der Waals surface area contributed by atoms with Gasteiger partial charge < -0.3 is 10.6 Å². The van der Waals surface area contributed by atoms with Crippen molar-refractivity contribution in [2.75, 3.05) is 17.7 Å². The van der Waals surface area contributed by atoms with Crippen LogP contribution in [0.5, 0.6) is 0 Å². The van der Waals surface area contributed by atoms with Gasteiger partial charge in [-0.1, -0.05) is 6.07 Å². The maximum atomic E-state index is 4.42. The fourth-order valence-corrected chi connectivity index (χ4v) is 1.60. The summed E-state index contributed by atoms with van der Waals surface area (Å²) < 4.78 is 0. The van der Waals surface area contributed by atoms with Crippen molar-refractivity contribution in [2.45, 2.75) is 25.8 Å². The van der Waals surface area contributed by atoms with Gasteiger partial charge in [-0.15, -0.1) is 0 Å². The largest absolute Gasteiger partial charge is 0.373 e. The molecule has 0 amide bonds. The molecule has 0 aliphatic heterocycles. The summed E-state index contributed by atoms with van der Waals surface area (Å²) in [5, 5.41) is 6.46. The molecule has 0 bridgehead atoms. The van der Waals surface area contributed by atoms with Gasteiger partial charge >= 0.3 is 0 Å². The van der Waals surface area contributed by atoms with Crippen molar-refractivity contribution in [3.05, 3.63) is 18.2 Å². The number of aromatic nitrogens is 1. The molecule has 0 saturated heterocycles. The highest BCUT2D eigenvalue weighted by molar-refractivity contribution is 5.45. The van der Waals surface area contributed by atoms with E-state index in [9.17, 15) is 0 Å². The second-order valence-electron chi connectivity index (χ2n) is 3.93. The third-order valence-corrected chi connectivity index (χ3v) is 2.71. The van der Waals surface area contributed by atoms with E-state index in [2.05, 4.69) is 22.5 Å². The van der Waals surface area contributed by atoms with Crippen LogP contribution in [0.2, 0.25) is 0 Å². The molecular formula is C11H17N3. The van der Waals surface area contributed by atoms with Crippen LogP contribution in [0.25, 0.3) is 0 Å². The van der Waals surface area contributed by atoms with Gasteiger partial charge in [0.25, 0.3) is 0 Å². The predicted octanol–water partition coefficient (Wildman–Crippen LogP) is 2.33. The van der Waals surface area contributed by atoms with Crippen LogP contribution < -0.4 is 10.6 Å². The van der Waals surface area contributed by atoms with Gasteiger partial charge in [0, 0.05) is 13.1 Å². The second kappa shape index (κ2) is 3.86. The topological polar surface area (TPSA) is 37.0 Å². The van der Waals surface area contributed by atoms with E-state index >= 15 is 0 Å². The minimum Gasteiger partial charge on any atom is -0.373 e. The van der Waals surface area contributed by atoms with Crippen LogP contribution in [-0.4, -0.2) is 18.1 Å². The molecule has 0 radical (unpaired) electrons. The quantitative estimate of drug-likeness (QED) is 0.767. The molecule has 3 nitrogen and oxygen atoms in total. The van der Waals surface area contributed by atoms with Gasteiger partial charge in [-0.25, -0.2) is 4.98 Å². The lowest BCUT2D eigenvalue weighted by Crippen LogP contribution is -2.18. The summed E-state index contributed by atoms with van der Waals surface area (Å²) in [7, 11) is 1.89. The average molecular weight is 191 g/mol. The predicted molar refractivity (Wildman–Crippen MR) is 59.6 cm³/mol.